The van der Waals surface area contributed by atoms with Crippen molar-refractivity contribution in [3.8, 4) is 0 Å². The standard InChI is InChI=1S/C58H107NO6.C7H8S.H2O3/c1-4-7-10-13-16-19-22-25-28-31-34-37-40-43-46-49-55(60)63-52-58(59,53-64-56(61)50-47-44-41-38-35-32-29-26-23-20-17-14-11-8-5-2)54-65-57(62)51-48-45-42-39-36-33-30-27-24-21-18-15-12-9-6-3;1-6-2-4-7(8)5-3-6;1-3-2/h25-30H,4-24,31-54,59H2,1-3H3;2-5,8H,1H3;1-2H/b28-25-,29-26-,30-27-;;. The Balaban J connectivity index is 0. The van der Waals surface area contributed by atoms with Crippen LogP contribution in [0.5, 0.6) is 0 Å². The highest BCUT2D eigenvalue weighted by Gasteiger charge is 2.35. The molecule has 0 fully saturated rings. The quantitative estimate of drug-likeness (QED) is 0.0110. The first kappa shape index (κ1) is 75.1. The van der Waals surface area contributed by atoms with Crippen LogP contribution in [0.15, 0.2) is 65.6 Å². The van der Waals surface area contributed by atoms with Crippen molar-refractivity contribution in [1.29, 1.82) is 0 Å². The number of hydrogen-bond acceptors (Lipinski definition) is 10. The number of carbonyl (C=O) groups is 3. The Bertz CT molecular complexity index is 1330. The zero-order valence-electron chi connectivity index (χ0n) is 49.5. The smallest absolute Gasteiger partial charge is 0.306 e. The first-order valence-corrected chi connectivity index (χ1v) is 31.5. The fourth-order valence-corrected chi connectivity index (χ4v) is 8.76. The summed E-state index contributed by atoms with van der Waals surface area (Å²) < 4.78 is 17.0. The van der Waals surface area contributed by atoms with E-state index in [-0.39, 0.29) is 37.7 Å². The van der Waals surface area contributed by atoms with E-state index in [1.807, 2.05) is 29.3 Å². The second-order valence-electron chi connectivity index (χ2n) is 21.4. The summed E-state index contributed by atoms with van der Waals surface area (Å²) in [6.45, 7) is 8.68. The fourth-order valence-electron chi connectivity index (χ4n) is 8.61. The minimum absolute atomic E-state index is 0.0573. The zero-order valence-corrected chi connectivity index (χ0v) is 50.4. The molecule has 4 N–H and O–H groups in total. The summed E-state index contributed by atoms with van der Waals surface area (Å²) in [5, 5.41) is 16.5. The molecule has 0 aliphatic heterocycles. The van der Waals surface area contributed by atoms with E-state index in [2.05, 4.69) is 82.5 Å². The van der Waals surface area contributed by atoms with Crippen molar-refractivity contribution in [3.05, 3.63) is 66.3 Å². The first-order valence-electron chi connectivity index (χ1n) is 31.0. The number of quaternary nitrogens is 1. The molecule has 0 unspecified atom stereocenters. The molecule has 0 amide bonds. The third-order valence-electron chi connectivity index (χ3n) is 13.6. The highest BCUT2D eigenvalue weighted by Crippen LogP contribution is 2.16. The van der Waals surface area contributed by atoms with Gasteiger partial charge in [-0.2, -0.15) is 0 Å². The molecule has 11 heteroatoms. The van der Waals surface area contributed by atoms with Crippen molar-refractivity contribution < 1.29 is 49.9 Å². The molecule has 0 aliphatic carbocycles. The average Bonchev–Trinajstić information content (AvgIpc) is 3.41. The molecule has 0 radical (unpaired) electrons. The van der Waals surface area contributed by atoms with Crippen LogP contribution >= 0.6 is 12.6 Å². The normalized spacial score (nSPS) is 11.5. The predicted octanol–water partition coefficient (Wildman–Crippen LogP) is 17.7. The molecule has 0 saturated carbocycles. The van der Waals surface area contributed by atoms with Crippen molar-refractivity contribution >= 4 is 30.5 Å². The topological polar surface area (TPSA) is 159 Å². The van der Waals surface area contributed by atoms with Crippen LogP contribution in [0, 0.1) is 6.92 Å². The Morgan fingerprint density at radius 2 is 0.645 bits per heavy atom. The number of unbranched alkanes of at least 4 members (excludes halogenated alkanes) is 33. The SMILES string of the molecule is CCCCCCCC/C=C\CCCCCCCC(=O)OCC([NH3+])(COC(=O)CCCCCCC/C=C\CCCCCCCC)COC(=O)CCCCCCC/C=C\CCCCCCCC.Cc1ccc(S)cc1.[O-]OO. The van der Waals surface area contributed by atoms with Gasteiger partial charge in [-0.1, -0.05) is 229 Å². The van der Waals surface area contributed by atoms with Crippen LogP contribution in [0.2, 0.25) is 0 Å². The minimum atomic E-state index is -1.05. The maximum absolute atomic E-state index is 12.8. The summed E-state index contributed by atoms with van der Waals surface area (Å²) in [4.78, 5) is 39.3. The van der Waals surface area contributed by atoms with Gasteiger partial charge in [-0.25, -0.2) is 0 Å². The number of ether oxygens (including phenoxy) is 3. The molecule has 10 nitrogen and oxygen atoms in total. The average molecular weight is 1090 g/mol. The number of aryl methyl sites for hydroxylation is 1. The first-order chi connectivity index (χ1) is 37.1. The minimum Gasteiger partial charge on any atom is -0.692 e. The largest absolute Gasteiger partial charge is 0.692 e. The summed E-state index contributed by atoms with van der Waals surface area (Å²) in [7, 11) is 0. The number of thiol groups is 1. The van der Waals surface area contributed by atoms with Gasteiger partial charge in [0.25, 0.3) is 0 Å². The Kier molecular flexibility index (Phi) is 60.5. The molecule has 1 aromatic carbocycles. The second kappa shape index (κ2) is 61.3. The van der Waals surface area contributed by atoms with Gasteiger partial charge in [0.05, 0.1) is 0 Å². The van der Waals surface area contributed by atoms with Gasteiger partial charge < -0.3 is 30.2 Å². The van der Waals surface area contributed by atoms with E-state index in [0.717, 1.165) is 81.9 Å². The van der Waals surface area contributed by atoms with Gasteiger partial charge in [0, 0.05) is 24.2 Å². The third kappa shape index (κ3) is 60.3. The maximum Gasteiger partial charge on any atom is 0.306 e. The van der Waals surface area contributed by atoms with E-state index in [1.165, 1.54) is 179 Å². The lowest BCUT2D eigenvalue weighted by atomic mass is 10.0. The molecule has 0 aromatic heterocycles. The summed E-state index contributed by atoms with van der Waals surface area (Å²) in [6.07, 6.45) is 62.0. The predicted molar refractivity (Wildman–Crippen MR) is 319 cm³/mol. The lowest BCUT2D eigenvalue weighted by Crippen LogP contribution is -2.79. The van der Waals surface area contributed by atoms with Gasteiger partial charge in [-0.15, -0.1) is 12.6 Å². The van der Waals surface area contributed by atoms with Crippen molar-refractivity contribution in [1.82, 2.24) is 0 Å². The molecule has 1 rings (SSSR count). The van der Waals surface area contributed by atoms with Crippen molar-refractivity contribution in [3.63, 3.8) is 0 Å². The molecular weight excluding hydrogens is 971 g/mol. The van der Waals surface area contributed by atoms with Crippen molar-refractivity contribution in [2.45, 2.75) is 308 Å². The maximum atomic E-state index is 12.8. The van der Waals surface area contributed by atoms with Gasteiger partial charge in [0.2, 0.25) is 0 Å². The molecule has 0 spiro atoms. The van der Waals surface area contributed by atoms with Crippen LogP contribution in [0.1, 0.15) is 296 Å². The van der Waals surface area contributed by atoms with Gasteiger partial charge >= 0.3 is 17.9 Å². The van der Waals surface area contributed by atoms with Crippen LogP contribution < -0.4 is 11.0 Å². The van der Waals surface area contributed by atoms with Crippen LogP contribution in [0.3, 0.4) is 0 Å². The van der Waals surface area contributed by atoms with Crippen LogP contribution in [-0.4, -0.2) is 48.5 Å². The highest BCUT2D eigenvalue weighted by atomic mass is 32.1. The van der Waals surface area contributed by atoms with E-state index in [1.54, 1.807) is 0 Å². The number of rotatable bonds is 51. The van der Waals surface area contributed by atoms with Crippen molar-refractivity contribution in [2.24, 2.45) is 0 Å². The molecule has 0 heterocycles. The number of hydrogen-bond donors (Lipinski definition) is 3. The third-order valence-corrected chi connectivity index (χ3v) is 13.9. The van der Waals surface area contributed by atoms with Crippen LogP contribution in [0.25, 0.3) is 0 Å². The summed E-state index contributed by atoms with van der Waals surface area (Å²) in [6, 6.07) is 8.06. The van der Waals surface area contributed by atoms with Gasteiger partial charge in [0.15, 0.2) is 25.4 Å². The van der Waals surface area contributed by atoms with Crippen LogP contribution in [-0.2, 0) is 33.6 Å². The molecule has 0 saturated heterocycles. The molecule has 1 aromatic rings. The lowest BCUT2D eigenvalue weighted by molar-refractivity contribution is -0.793. The van der Waals surface area contributed by atoms with Crippen molar-refractivity contribution in [2.75, 3.05) is 19.8 Å². The second-order valence-corrected chi connectivity index (χ2v) is 21.9. The molecule has 442 valence electrons. The van der Waals surface area contributed by atoms with E-state index in [9.17, 15) is 14.4 Å². The summed E-state index contributed by atoms with van der Waals surface area (Å²) in [5.41, 5.74) is 4.50. The molecule has 0 aliphatic rings. The fraction of sp³-hybridized carbons (Fsp3) is 0.769. The Morgan fingerprint density at radius 3 is 0.868 bits per heavy atom. The van der Waals surface area contributed by atoms with Gasteiger partial charge in [-0.3, -0.25) is 19.6 Å². The summed E-state index contributed by atoms with van der Waals surface area (Å²) >= 11 is 4.13. The number of carbonyl (C=O) groups excluding carboxylic acids is 3. The van der Waals surface area contributed by atoms with Crippen LogP contribution in [0.4, 0.5) is 0 Å². The Hall–Kier alpha value is -2.96. The van der Waals surface area contributed by atoms with E-state index < -0.39 is 5.54 Å². The summed E-state index contributed by atoms with van der Waals surface area (Å²) in [5.74, 6) is -0.848. The Morgan fingerprint density at radius 1 is 0.434 bits per heavy atom. The van der Waals surface area contributed by atoms with E-state index in [0.29, 0.717) is 19.3 Å². The number of allylic oxidation sites excluding steroid dienone is 6. The Labute approximate surface area is 472 Å². The van der Waals surface area contributed by atoms with Gasteiger partial charge in [-0.05, 0) is 115 Å². The van der Waals surface area contributed by atoms with Gasteiger partial charge in [0.1, 0.15) is 0 Å². The number of benzene rings is 1. The van der Waals surface area contributed by atoms with E-state index >= 15 is 0 Å². The monoisotopic (exact) mass is 1090 g/mol. The molecule has 0 atom stereocenters. The lowest BCUT2D eigenvalue weighted by Gasteiger charge is -2.25. The number of esters is 3. The van der Waals surface area contributed by atoms with E-state index in [4.69, 9.17) is 24.7 Å². The molecular formula is C65H117NO9S. The zero-order chi connectivity index (χ0) is 56.1. The highest BCUT2D eigenvalue weighted by molar-refractivity contribution is 7.80. The molecule has 76 heavy (non-hydrogen) atoms. The molecule has 0 bridgehead atoms.